The molecular formula is C15H14N2O. The standard InChI is InChI=1S/C15H14N2O/c1-3-9-17(10-4-2)12-15(18)14-7-5-13(11-16)6-8-14/h1-2,5-8,15,18H,9-10,12H2. The Morgan fingerprint density at radius 3 is 2.17 bits per heavy atom. The predicted octanol–water partition coefficient (Wildman–Crippen LogP) is 1.16. The molecule has 1 N–H and O–H groups in total. The molecular weight excluding hydrogens is 224 g/mol. The van der Waals surface area contributed by atoms with Crippen LogP contribution in [-0.4, -0.2) is 29.6 Å². The highest BCUT2D eigenvalue weighted by atomic mass is 16.3. The first-order valence-electron chi connectivity index (χ1n) is 5.48. The molecule has 90 valence electrons. The van der Waals surface area contributed by atoms with E-state index in [0.29, 0.717) is 25.2 Å². The average Bonchev–Trinajstić information content (AvgIpc) is 2.39. The Bertz CT molecular complexity index is 483. The molecule has 0 saturated carbocycles. The first-order chi connectivity index (χ1) is 8.71. The second kappa shape index (κ2) is 7.15. The van der Waals surface area contributed by atoms with Crippen molar-refractivity contribution in [2.45, 2.75) is 6.10 Å². The van der Waals surface area contributed by atoms with Crippen LogP contribution in [-0.2, 0) is 0 Å². The summed E-state index contributed by atoms with van der Waals surface area (Å²) < 4.78 is 0. The minimum atomic E-state index is -0.667. The van der Waals surface area contributed by atoms with Gasteiger partial charge >= 0.3 is 0 Å². The summed E-state index contributed by atoms with van der Waals surface area (Å²) in [5.41, 5.74) is 1.31. The maximum Gasteiger partial charge on any atom is 0.0991 e. The molecule has 1 atom stereocenters. The fourth-order valence-electron chi connectivity index (χ4n) is 1.57. The van der Waals surface area contributed by atoms with Gasteiger partial charge in [-0.05, 0) is 17.7 Å². The van der Waals surface area contributed by atoms with Gasteiger partial charge < -0.3 is 5.11 Å². The van der Waals surface area contributed by atoms with Crippen molar-refractivity contribution in [2.75, 3.05) is 19.6 Å². The number of rotatable bonds is 5. The van der Waals surface area contributed by atoms with E-state index in [1.54, 1.807) is 24.3 Å². The highest BCUT2D eigenvalue weighted by Crippen LogP contribution is 2.14. The molecule has 3 nitrogen and oxygen atoms in total. The fraction of sp³-hybridized carbons (Fsp3) is 0.267. The lowest BCUT2D eigenvalue weighted by Crippen LogP contribution is -2.29. The number of aliphatic hydroxyl groups excluding tert-OH is 1. The van der Waals surface area contributed by atoms with Gasteiger partial charge in [0.1, 0.15) is 0 Å². The molecule has 0 heterocycles. The van der Waals surface area contributed by atoms with Crippen LogP contribution in [0.4, 0.5) is 0 Å². The molecule has 0 amide bonds. The van der Waals surface area contributed by atoms with Gasteiger partial charge in [0, 0.05) is 6.54 Å². The first kappa shape index (κ1) is 13.8. The number of benzene rings is 1. The van der Waals surface area contributed by atoms with Gasteiger partial charge in [0.05, 0.1) is 30.8 Å². The van der Waals surface area contributed by atoms with Gasteiger partial charge in [-0.15, -0.1) is 12.8 Å². The van der Waals surface area contributed by atoms with Crippen molar-refractivity contribution in [3.63, 3.8) is 0 Å². The van der Waals surface area contributed by atoms with E-state index in [-0.39, 0.29) is 0 Å². The fourth-order valence-corrected chi connectivity index (χ4v) is 1.57. The number of hydrogen-bond donors (Lipinski definition) is 1. The number of aliphatic hydroxyl groups is 1. The summed E-state index contributed by atoms with van der Waals surface area (Å²) in [6.45, 7) is 1.18. The van der Waals surface area contributed by atoms with Crippen LogP contribution in [0.15, 0.2) is 24.3 Å². The van der Waals surface area contributed by atoms with Crippen molar-refractivity contribution in [3.05, 3.63) is 35.4 Å². The van der Waals surface area contributed by atoms with E-state index in [4.69, 9.17) is 18.1 Å². The van der Waals surface area contributed by atoms with Crippen LogP contribution in [0.1, 0.15) is 17.2 Å². The maximum atomic E-state index is 10.0. The Balaban J connectivity index is 2.69. The number of hydrogen-bond acceptors (Lipinski definition) is 3. The lowest BCUT2D eigenvalue weighted by molar-refractivity contribution is 0.127. The number of terminal acetylenes is 2. The molecule has 0 aliphatic carbocycles. The van der Waals surface area contributed by atoms with E-state index in [1.165, 1.54) is 0 Å². The third-order valence-corrected chi connectivity index (χ3v) is 2.49. The Morgan fingerprint density at radius 1 is 1.17 bits per heavy atom. The zero-order valence-electron chi connectivity index (χ0n) is 10.0. The van der Waals surface area contributed by atoms with Gasteiger partial charge in [-0.1, -0.05) is 24.0 Å². The molecule has 0 aliphatic heterocycles. The van der Waals surface area contributed by atoms with E-state index in [2.05, 4.69) is 11.8 Å². The topological polar surface area (TPSA) is 47.3 Å². The zero-order chi connectivity index (χ0) is 13.4. The number of nitrogens with zero attached hydrogens (tertiary/aromatic N) is 2. The number of nitriles is 1. The summed E-state index contributed by atoms with van der Waals surface area (Å²) in [6, 6.07) is 8.83. The first-order valence-corrected chi connectivity index (χ1v) is 5.48. The quantitative estimate of drug-likeness (QED) is 0.783. The molecule has 1 aromatic rings. The van der Waals surface area contributed by atoms with E-state index in [9.17, 15) is 5.11 Å². The highest BCUT2D eigenvalue weighted by molar-refractivity contribution is 5.32. The molecule has 0 saturated heterocycles. The predicted molar refractivity (Wildman–Crippen MR) is 70.2 cm³/mol. The van der Waals surface area contributed by atoms with Crippen LogP contribution in [0, 0.1) is 36.0 Å². The van der Waals surface area contributed by atoms with Crippen LogP contribution in [0.3, 0.4) is 0 Å². The monoisotopic (exact) mass is 238 g/mol. The van der Waals surface area contributed by atoms with Crippen molar-refractivity contribution >= 4 is 0 Å². The van der Waals surface area contributed by atoms with E-state index in [1.807, 2.05) is 11.0 Å². The molecule has 1 aromatic carbocycles. The second-order valence-corrected chi connectivity index (χ2v) is 3.83. The molecule has 18 heavy (non-hydrogen) atoms. The summed E-state index contributed by atoms with van der Waals surface area (Å²) in [4.78, 5) is 1.81. The van der Waals surface area contributed by atoms with Gasteiger partial charge in [0.2, 0.25) is 0 Å². The summed E-state index contributed by atoms with van der Waals surface area (Å²) in [5, 5.41) is 18.7. The normalized spacial score (nSPS) is 11.3. The highest BCUT2D eigenvalue weighted by Gasteiger charge is 2.12. The lowest BCUT2D eigenvalue weighted by atomic mass is 10.1. The molecule has 1 rings (SSSR count). The molecule has 3 heteroatoms. The summed E-state index contributed by atoms with van der Waals surface area (Å²) >= 11 is 0. The molecule has 0 aliphatic rings. The molecule has 0 spiro atoms. The second-order valence-electron chi connectivity index (χ2n) is 3.83. The van der Waals surface area contributed by atoms with E-state index < -0.39 is 6.10 Å². The van der Waals surface area contributed by atoms with Gasteiger partial charge in [-0.2, -0.15) is 5.26 Å². The largest absolute Gasteiger partial charge is 0.387 e. The Kier molecular flexibility index (Phi) is 5.49. The molecule has 0 radical (unpaired) electrons. The third kappa shape index (κ3) is 3.96. The summed E-state index contributed by atoms with van der Waals surface area (Å²) in [7, 11) is 0. The molecule has 0 bridgehead atoms. The lowest BCUT2D eigenvalue weighted by Gasteiger charge is -2.21. The van der Waals surface area contributed by atoms with Crippen LogP contribution >= 0.6 is 0 Å². The van der Waals surface area contributed by atoms with Crippen molar-refractivity contribution in [3.8, 4) is 30.8 Å². The Morgan fingerprint density at radius 2 is 1.72 bits per heavy atom. The van der Waals surface area contributed by atoms with Crippen molar-refractivity contribution in [2.24, 2.45) is 0 Å². The molecule has 0 aromatic heterocycles. The summed E-state index contributed by atoms with van der Waals surface area (Å²) in [5.74, 6) is 5.01. The SMILES string of the molecule is C#CCN(CC#C)CC(O)c1ccc(C#N)cc1. The average molecular weight is 238 g/mol. The minimum Gasteiger partial charge on any atom is -0.387 e. The smallest absolute Gasteiger partial charge is 0.0991 e. The Hall–Kier alpha value is -2.25. The van der Waals surface area contributed by atoms with Gasteiger partial charge in [0.15, 0.2) is 0 Å². The minimum absolute atomic E-state index is 0.375. The van der Waals surface area contributed by atoms with Crippen LogP contribution in [0.2, 0.25) is 0 Å². The van der Waals surface area contributed by atoms with Crippen LogP contribution < -0.4 is 0 Å². The molecule has 0 fully saturated rings. The van der Waals surface area contributed by atoms with Crippen molar-refractivity contribution in [1.82, 2.24) is 4.90 Å². The van der Waals surface area contributed by atoms with Gasteiger partial charge in [-0.25, -0.2) is 0 Å². The van der Waals surface area contributed by atoms with Gasteiger partial charge in [0.25, 0.3) is 0 Å². The van der Waals surface area contributed by atoms with E-state index in [0.717, 1.165) is 5.56 Å². The summed E-state index contributed by atoms with van der Waals surface area (Å²) in [6.07, 6.45) is 9.80. The molecule has 1 unspecified atom stereocenters. The Labute approximate surface area is 108 Å². The van der Waals surface area contributed by atoms with Gasteiger partial charge in [-0.3, -0.25) is 4.90 Å². The van der Waals surface area contributed by atoms with E-state index >= 15 is 0 Å². The maximum absolute atomic E-state index is 10.0. The van der Waals surface area contributed by atoms with Crippen molar-refractivity contribution in [1.29, 1.82) is 5.26 Å². The third-order valence-electron chi connectivity index (χ3n) is 2.49. The van der Waals surface area contributed by atoms with Crippen LogP contribution in [0.5, 0.6) is 0 Å². The zero-order valence-corrected chi connectivity index (χ0v) is 10.0. The van der Waals surface area contributed by atoms with Crippen molar-refractivity contribution < 1.29 is 5.11 Å². The van der Waals surface area contributed by atoms with Crippen LogP contribution in [0.25, 0.3) is 0 Å².